The Kier molecular flexibility index (Phi) is 2.95. The number of nitrogens with zero attached hydrogens (tertiary/aromatic N) is 1. The normalized spacial score (nSPS) is 10.5. The van der Waals surface area contributed by atoms with Gasteiger partial charge in [-0.3, -0.25) is 0 Å². The predicted octanol–water partition coefficient (Wildman–Crippen LogP) is 2.45. The molecule has 2 aromatic rings. The fourth-order valence-electron chi connectivity index (χ4n) is 1.76. The fourth-order valence-corrected chi connectivity index (χ4v) is 1.76. The topological polar surface area (TPSA) is 42.2 Å². The van der Waals surface area contributed by atoms with E-state index >= 15 is 0 Å². The van der Waals surface area contributed by atoms with Gasteiger partial charge in [0.25, 0.3) is 0 Å². The number of carbonyl (C=O) groups is 1. The van der Waals surface area contributed by atoms with E-state index in [9.17, 15) is 9.18 Å². The molecule has 2 rings (SSSR count). The van der Waals surface area contributed by atoms with Crippen LogP contribution in [0.1, 0.15) is 21.7 Å². The number of halogens is 1. The average molecular weight is 233 g/mol. The molecule has 0 amide bonds. The zero-order valence-corrected chi connectivity index (χ0v) is 9.35. The van der Waals surface area contributed by atoms with E-state index in [4.69, 9.17) is 5.11 Å². The molecule has 0 fully saturated rings. The lowest BCUT2D eigenvalue weighted by Crippen LogP contribution is -2.07. The van der Waals surface area contributed by atoms with Crippen LogP contribution >= 0.6 is 0 Å². The maximum absolute atomic E-state index is 12.7. The van der Waals surface area contributed by atoms with E-state index < -0.39 is 5.97 Å². The van der Waals surface area contributed by atoms with E-state index in [2.05, 4.69) is 0 Å². The van der Waals surface area contributed by atoms with Crippen molar-refractivity contribution in [3.63, 3.8) is 0 Å². The van der Waals surface area contributed by atoms with Gasteiger partial charge in [-0.2, -0.15) is 0 Å². The van der Waals surface area contributed by atoms with Crippen LogP contribution in [0.15, 0.2) is 36.4 Å². The molecule has 4 heteroatoms. The molecular formula is C13H12FNO2. The van der Waals surface area contributed by atoms with Gasteiger partial charge in [-0.05, 0) is 29.8 Å². The molecule has 3 nitrogen and oxygen atoms in total. The highest BCUT2D eigenvalue weighted by molar-refractivity contribution is 5.86. The summed E-state index contributed by atoms with van der Waals surface area (Å²) >= 11 is 0. The third-order valence-electron chi connectivity index (χ3n) is 2.74. The van der Waals surface area contributed by atoms with Gasteiger partial charge in [0, 0.05) is 19.2 Å². The van der Waals surface area contributed by atoms with Gasteiger partial charge in [-0.1, -0.05) is 12.1 Å². The Morgan fingerprint density at radius 3 is 2.41 bits per heavy atom. The number of benzene rings is 1. The number of carboxylic acid groups (broad SMARTS) is 1. The van der Waals surface area contributed by atoms with Crippen LogP contribution < -0.4 is 0 Å². The van der Waals surface area contributed by atoms with Crippen LogP contribution in [0.3, 0.4) is 0 Å². The zero-order valence-electron chi connectivity index (χ0n) is 9.35. The molecule has 0 radical (unpaired) electrons. The second-order valence-electron chi connectivity index (χ2n) is 3.88. The molecule has 0 atom stereocenters. The molecule has 17 heavy (non-hydrogen) atoms. The first kappa shape index (κ1) is 11.4. The quantitative estimate of drug-likeness (QED) is 0.884. The first-order valence-corrected chi connectivity index (χ1v) is 5.20. The van der Waals surface area contributed by atoms with E-state index in [0.29, 0.717) is 6.42 Å². The summed E-state index contributed by atoms with van der Waals surface area (Å²) in [6.07, 6.45) is 0.587. The average Bonchev–Trinajstić information content (AvgIpc) is 2.64. The first-order valence-electron chi connectivity index (χ1n) is 5.20. The van der Waals surface area contributed by atoms with Crippen LogP contribution in [0.4, 0.5) is 4.39 Å². The Balaban J connectivity index is 2.24. The van der Waals surface area contributed by atoms with Gasteiger partial charge in [-0.15, -0.1) is 0 Å². The van der Waals surface area contributed by atoms with Gasteiger partial charge in [0.15, 0.2) is 0 Å². The van der Waals surface area contributed by atoms with Crippen molar-refractivity contribution in [2.24, 2.45) is 7.05 Å². The van der Waals surface area contributed by atoms with E-state index in [1.165, 1.54) is 12.1 Å². The summed E-state index contributed by atoms with van der Waals surface area (Å²) in [7, 11) is 1.71. The largest absolute Gasteiger partial charge is 0.477 e. The Morgan fingerprint density at radius 2 is 1.88 bits per heavy atom. The van der Waals surface area contributed by atoms with Crippen molar-refractivity contribution in [1.82, 2.24) is 4.57 Å². The summed E-state index contributed by atoms with van der Waals surface area (Å²) in [5.74, 6) is -1.22. The summed E-state index contributed by atoms with van der Waals surface area (Å²) in [5, 5.41) is 8.91. The van der Waals surface area contributed by atoms with E-state index in [1.54, 1.807) is 35.9 Å². The molecule has 1 aromatic carbocycles. The summed E-state index contributed by atoms with van der Waals surface area (Å²) in [6.45, 7) is 0. The lowest BCUT2D eigenvalue weighted by atomic mass is 10.1. The molecule has 1 heterocycles. The number of aromatic carboxylic acids is 1. The molecule has 0 aliphatic heterocycles. The smallest absolute Gasteiger partial charge is 0.352 e. The maximum atomic E-state index is 12.7. The Hall–Kier alpha value is -2.10. The number of hydrogen-bond donors (Lipinski definition) is 1. The number of carboxylic acids is 1. The monoisotopic (exact) mass is 233 g/mol. The van der Waals surface area contributed by atoms with Crippen molar-refractivity contribution in [3.8, 4) is 0 Å². The molecule has 1 N–H and O–H groups in total. The molecule has 1 aromatic heterocycles. The molecule has 0 aliphatic carbocycles. The zero-order chi connectivity index (χ0) is 12.4. The Morgan fingerprint density at radius 1 is 1.24 bits per heavy atom. The minimum absolute atomic E-state index is 0.252. The highest BCUT2D eigenvalue weighted by atomic mass is 19.1. The highest BCUT2D eigenvalue weighted by Gasteiger charge is 2.10. The molecule has 0 saturated carbocycles. The van der Waals surface area contributed by atoms with Gasteiger partial charge in [0.05, 0.1) is 0 Å². The van der Waals surface area contributed by atoms with Crippen molar-refractivity contribution < 1.29 is 14.3 Å². The lowest BCUT2D eigenvalue weighted by molar-refractivity contribution is 0.0686. The van der Waals surface area contributed by atoms with Crippen LogP contribution in [-0.2, 0) is 13.5 Å². The highest BCUT2D eigenvalue weighted by Crippen LogP contribution is 2.13. The SMILES string of the molecule is Cn1c(Cc2ccc(F)cc2)ccc1C(=O)O. The Labute approximate surface area is 98.1 Å². The molecule has 88 valence electrons. The second kappa shape index (κ2) is 4.41. The van der Waals surface area contributed by atoms with Crippen molar-refractivity contribution >= 4 is 5.97 Å². The number of aromatic nitrogens is 1. The molecule has 0 aliphatic rings. The molecule has 0 unspecified atom stereocenters. The third-order valence-corrected chi connectivity index (χ3v) is 2.74. The molecular weight excluding hydrogens is 221 g/mol. The summed E-state index contributed by atoms with van der Waals surface area (Å²) < 4.78 is 14.4. The summed E-state index contributed by atoms with van der Waals surface area (Å²) in [4.78, 5) is 10.9. The minimum Gasteiger partial charge on any atom is -0.477 e. The van der Waals surface area contributed by atoms with E-state index in [1.807, 2.05) is 0 Å². The van der Waals surface area contributed by atoms with Gasteiger partial charge < -0.3 is 9.67 Å². The second-order valence-corrected chi connectivity index (χ2v) is 3.88. The van der Waals surface area contributed by atoms with Gasteiger partial charge in [0.2, 0.25) is 0 Å². The van der Waals surface area contributed by atoms with Gasteiger partial charge in [0.1, 0.15) is 11.5 Å². The van der Waals surface area contributed by atoms with Crippen LogP contribution in [0.2, 0.25) is 0 Å². The Bertz CT molecular complexity index is 543. The van der Waals surface area contributed by atoms with Crippen molar-refractivity contribution in [2.45, 2.75) is 6.42 Å². The van der Waals surface area contributed by atoms with Crippen LogP contribution in [0.25, 0.3) is 0 Å². The van der Waals surface area contributed by atoms with E-state index in [-0.39, 0.29) is 11.5 Å². The summed E-state index contributed by atoms with van der Waals surface area (Å²) in [5.41, 5.74) is 2.08. The van der Waals surface area contributed by atoms with Gasteiger partial charge >= 0.3 is 5.97 Å². The van der Waals surface area contributed by atoms with Gasteiger partial charge in [-0.25, -0.2) is 9.18 Å². The van der Waals surface area contributed by atoms with E-state index in [0.717, 1.165) is 11.3 Å². The van der Waals surface area contributed by atoms with Crippen molar-refractivity contribution in [1.29, 1.82) is 0 Å². The summed E-state index contributed by atoms with van der Waals surface area (Å²) in [6, 6.07) is 9.53. The molecule has 0 bridgehead atoms. The molecule has 0 spiro atoms. The van der Waals surface area contributed by atoms with Crippen LogP contribution in [0.5, 0.6) is 0 Å². The lowest BCUT2D eigenvalue weighted by Gasteiger charge is -2.05. The van der Waals surface area contributed by atoms with Crippen LogP contribution in [-0.4, -0.2) is 15.6 Å². The fraction of sp³-hybridized carbons (Fsp3) is 0.154. The maximum Gasteiger partial charge on any atom is 0.352 e. The van der Waals surface area contributed by atoms with Crippen molar-refractivity contribution in [3.05, 3.63) is 59.2 Å². The standard InChI is InChI=1S/C13H12FNO2/c1-15-11(6-7-12(15)13(16)17)8-9-2-4-10(14)5-3-9/h2-7H,8H2,1H3,(H,16,17). The molecule has 0 saturated heterocycles. The third kappa shape index (κ3) is 2.36. The number of rotatable bonds is 3. The van der Waals surface area contributed by atoms with Crippen molar-refractivity contribution in [2.75, 3.05) is 0 Å². The first-order chi connectivity index (χ1) is 8.08. The minimum atomic E-state index is -0.946. The predicted molar refractivity (Wildman–Crippen MR) is 61.6 cm³/mol. The number of hydrogen-bond acceptors (Lipinski definition) is 1. The van der Waals surface area contributed by atoms with Crippen LogP contribution in [0, 0.1) is 5.82 Å².